The Balaban J connectivity index is 1.78. The summed E-state index contributed by atoms with van der Waals surface area (Å²) in [6, 6.07) is 4.32. The lowest BCUT2D eigenvalue weighted by atomic mass is 10.3. The summed E-state index contributed by atoms with van der Waals surface area (Å²) in [6.07, 6.45) is -1.65. The molecule has 0 radical (unpaired) electrons. The lowest BCUT2D eigenvalue weighted by Gasteiger charge is -2.11. The van der Waals surface area contributed by atoms with Gasteiger partial charge >= 0.3 is 12.4 Å². The number of hydrogen-bond donors (Lipinski definition) is 3. The van der Waals surface area contributed by atoms with E-state index in [1.807, 2.05) is 0 Å². The molecule has 0 aliphatic rings. The molecule has 8 nitrogen and oxygen atoms in total. The van der Waals surface area contributed by atoms with Crippen molar-refractivity contribution in [2.24, 2.45) is 0 Å². The van der Waals surface area contributed by atoms with E-state index in [4.69, 9.17) is 4.74 Å². The van der Waals surface area contributed by atoms with Gasteiger partial charge in [0.2, 0.25) is 0 Å². The van der Waals surface area contributed by atoms with Gasteiger partial charge in [0, 0.05) is 13.3 Å². The zero-order chi connectivity index (χ0) is 18.3. The number of rotatable bonds is 7. The van der Waals surface area contributed by atoms with E-state index in [1.54, 1.807) is 18.0 Å². The van der Waals surface area contributed by atoms with Gasteiger partial charge in [-0.15, -0.1) is 13.2 Å². The lowest BCUT2D eigenvalue weighted by Crippen LogP contribution is -2.33. The molecule has 0 atom stereocenters. The van der Waals surface area contributed by atoms with Crippen LogP contribution in [0.15, 0.2) is 36.7 Å². The van der Waals surface area contributed by atoms with Crippen LogP contribution in [0.1, 0.15) is 0 Å². The van der Waals surface area contributed by atoms with Gasteiger partial charge in [0.1, 0.15) is 5.75 Å². The summed E-state index contributed by atoms with van der Waals surface area (Å²) in [5.74, 6) is -0.356. The molecule has 2 amide bonds. The molecule has 2 aromatic rings. The zero-order valence-corrected chi connectivity index (χ0v) is 13.1. The van der Waals surface area contributed by atoms with Crippen molar-refractivity contribution in [3.63, 3.8) is 0 Å². The maximum absolute atomic E-state index is 12.1. The summed E-state index contributed by atoms with van der Waals surface area (Å²) in [6.45, 7) is 1.04. The van der Waals surface area contributed by atoms with Crippen molar-refractivity contribution in [2.75, 3.05) is 24.5 Å². The van der Waals surface area contributed by atoms with Crippen LogP contribution in [-0.2, 0) is 11.3 Å². The number of benzene rings is 1. The Bertz CT molecular complexity index is 688. The predicted molar refractivity (Wildman–Crippen MR) is 83.0 cm³/mol. The maximum Gasteiger partial charge on any atom is 0.573 e. The molecule has 0 fully saturated rings. The van der Waals surface area contributed by atoms with Crippen molar-refractivity contribution in [2.45, 2.75) is 12.9 Å². The second kappa shape index (κ2) is 8.24. The van der Waals surface area contributed by atoms with Crippen LogP contribution >= 0.6 is 0 Å². The highest BCUT2D eigenvalue weighted by Gasteiger charge is 2.30. The first-order valence-corrected chi connectivity index (χ1v) is 7.06. The number of halogens is 3. The fraction of sp³-hybridized carbons (Fsp3) is 0.286. The molecule has 0 saturated carbocycles. The molecule has 1 heterocycles. The molecule has 0 unspecified atom stereocenters. The first kappa shape index (κ1) is 18.4. The van der Waals surface area contributed by atoms with Gasteiger partial charge < -0.3 is 14.8 Å². The highest BCUT2D eigenvalue weighted by atomic mass is 19.4. The number of methoxy groups -OCH3 is 1. The first-order chi connectivity index (χ1) is 11.9. The number of anilines is 2. The topological polar surface area (TPSA) is 89.4 Å². The molecular formula is C14H16F3N5O3. The van der Waals surface area contributed by atoms with Gasteiger partial charge in [-0.2, -0.15) is 5.10 Å². The number of nitrogens with one attached hydrogen (secondary N) is 3. The molecule has 0 spiro atoms. The van der Waals surface area contributed by atoms with Crippen LogP contribution in [0.2, 0.25) is 0 Å². The third-order valence-corrected chi connectivity index (χ3v) is 2.82. The Hall–Kier alpha value is -2.95. The summed E-state index contributed by atoms with van der Waals surface area (Å²) in [7, 11) is 1.57. The molecule has 0 aliphatic carbocycles. The zero-order valence-electron chi connectivity index (χ0n) is 13.1. The fourth-order valence-corrected chi connectivity index (χ4v) is 1.77. The summed E-state index contributed by atoms with van der Waals surface area (Å²) in [4.78, 5) is 11.7. The molecule has 2 rings (SSSR count). The average molecular weight is 359 g/mol. The summed E-state index contributed by atoms with van der Waals surface area (Å²) in [5, 5.41) is 6.57. The summed E-state index contributed by atoms with van der Waals surface area (Å²) in [5.41, 5.74) is 5.74. The number of nitrogens with zero attached hydrogens (tertiary/aromatic N) is 2. The molecular weight excluding hydrogens is 343 g/mol. The van der Waals surface area contributed by atoms with E-state index in [0.717, 1.165) is 12.1 Å². The van der Waals surface area contributed by atoms with Gasteiger partial charge in [-0.25, -0.2) is 4.79 Å². The van der Waals surface area contributed by atoms with Crippen molar-refractivity contribution < 1.29 is 27.4 Å². The standard InChI is InChI=1S/C14H16F3N5O3/c1-24-7-6-22-9-11(8-18-22)19-13(23)21-20-10-2-4-12(5-3-10)25-14(15,16)17/h2-5,8-9,20H,6-7H2,1H3,(H2,19,21,23). The van der Waals surface area contributed by atoms with E-state index in [0.29, 0.717) is 24.5 Å². The first-order valence-electron chi connectivity index (χ1n) is 7.06. The molecule has 1 aromatic heterocycles. The highest BCUT2D eigenvalue weighted by Crippen LogP contribution is 2.23. The highest BCUT2D eigenvalue weighted by molar-refractivity contribution is 5.89. The van der Waals surface area contributed by atoms with Gasteiger partial charge in [-0.3, -0.25) is 15.5 Å². The predicted octanol–water partition coefficient (Wildman–Crippen LogP) is 2.58. The minimum atomic E-state index is -4.75. The second-order valence-electron chi connectivity index (χ2n) is 4.76. The van der Waals surface area contributed by atoms with E-state index in [2.05, 4.69) is 26.0 Å². The molecule has 0 aliphatic heterocycles. The number of urea groups is 1. The Morgan fingerprint density at radius 1 is 1.24 bits per heavy atom. The number of carbonyl (C=O) groups excluding carboxylic acids is 1. The van der Waals surface area contributed by atoms with E-state index in [9.17, 15) is 18.0 Å². The van der Waals surface area contributed by atoms with Crippen LogP contribution < -0.4 is 20.9 Å². The maximum atomic E-state index is 12.1. The van der Waals surface area contributed by atoms with Gasteiger partial charge in [0.15, 0.2) is 0 Å². The van der Waals surface area contributed by atoms with E-state index < -0.39 is 12.4 Å². The van der Waals surface area contributed by atoms with Crippen LogP contribution in [0.25, 0.3) is 0 Å². The second-order valence-corrected chi connectivity index (χ2v) is 4.76. The minimum Gasteiger partial charge on any atom is -0.406 e. The van der Waals surface area contributed by atoms with Crippen molar-refractivity contribution in [3.05, 3.63) is 36.7 Å². The smallest absolute Gasteiger partial charge is 0.406 e. The van der Waals surface area contributed by atoms with Crippen molar-refractivity contribution in [1.29, 1.82) is 0 Å². The van der Waals surface area contributed by atoms with Crippen molar-refractivity contribution >= 4 is 17.4 Å². The van der Waals surface area contributed by atoms with Crippen molar-refractivity contribution in [3.8, 4) is 5.75 Å². The molecule has 3 N–H and O–H groups in total. The van der Waals surface area contributed by atoms with Gasteiger partial charge in [0.05, 0.1) is 30.7 Å². The lowest BCUT2D eigenvalue weighted by molar-refractivity contribution is -0.274. The molecule has 0 bridgehead atoms. The monoisotopic (exact) mass is 359 g/mol. The van der Waals surface area contributed by atoms with Crippen molar-refractivity contribution in [1.82, 2.24) is 15.2 Å². The molecule has 136 valence electrons. The number of ether oxygens (including phenoxy) is 2. The van der Waals surface area contributed by atoms with Crippen LogP contribution in [0.4, 0.5) is 29.3 Å². The molecule has 1 aromatic carbocycles. The Labute approximate surface area is 140 Å². The quantitative estimate of drug-likeness (QED) is 0.661. The normalized spacial score (nSPS) is 11.0. The Kier molecular flexibility index (Phi) is 6.06. The number of alkyl halides is 3. The third kappa shape index (κ3) is 6.59. The molecule has 0 saturated heterocycles. The van der Waals surface area contributed by atoms with Gasteiger partial charge in [0.25, 0.3) is 0 Å². The van der Waals surface area contributed by atoms with E-state index in [-0.39, 0.29) is 5.75 Å². The summed E-state index contributed by atoms with van der Waals surface area (Å²) >= 11 is 0. The number of carbonyl (C=O) groups is 1. The number of hydrazine groups is 1. The van der Waals surface area contributed by atoms with E-state index in [1.165, 1.54) is 18.3 Å². The minimum absolute atomic E-state index is 0.356. The Morgan fingerprint density at radius 2 is 1.96 bits per heavy atom. The van der Waals surface area contributed by atoms with Gasteiger partial charge in [-0.1, -0.05) is 0 Å². The fourth-order valence-electron chi connectivity index (χ4n) is 1.77. The molecule has 25 heavy (non-hydrogen) atoms. The van der Waals surface area contributed by atoms with Gasteiger partial charge in [-0.05, 0) is 24.3 Å². The number of amides is 2. The average Bonchev–Trinajstić information content (AvgIpc) is 2.98. The Morgan fingerprint density at radius 3 is 2.60 bits per heavy atom. The largest absolute Gasteiger partial charge is 0.573 e. The third-order valence-electron chi connectivity index (χ3n) is 2.82. The summed E-state index contributed by atoms with van der Waals surface area (Å²) < 4.78 is 46.4. The number of hydrogen-bond acceptors (Lipinski definition) is 5. The van der Waals surface area contributed by atoms with Crippen LogP contribution in [0, 0.1) is 0 Å². The van der Waals surface area contributed by atoms with Crippen LogP contribution in [-0.4, -0.2) is 35.9 Å². The SMILES string of the molecule is COCCn1cc(NC(=O)NNc2ccc(OC(F)(F)F)cc2)cn1. The van der Waals surface area contributed by atoms with Crippen LogP contribution in [0.5, 0.6) is 5.75 Å². The number of aromatic nitrogens is 2. The molecule has 11 heteroatoms. The van der Waals surface area contributed by atoms with Crippen LogP contribution in [0.3, 0.4) is 0 Å². The van der Waals surface area contributed by atoms with E-state index >= 15 is 0 Å².